The average Bonchev–Trinajstić information content (AvgIpc) is 2.56. The summed E-state index contributed by atoms with van der Waals surface area (Å²) < 4.78 is 5.12. The maximum atomic E-state index is 12.3. The normalized spacial score (nSPS) is 12.0. The number of thioether (sulfide) groups is 1. The molecule has 0 saturated heterocycles. The second kappa shape index (κ2) is 9.33. The first-order chi connectivity index (χ1) is 11.5. The largest absolute Gasteiger partial charge is 0.380 e. The summed E-state index contributed by atoms with van der Waals surface area (Å²) in [6.45, 7) is 2.88. The molecule has 0 aliphatic carbocycles. The number of halogens is 2. The second-order valence-corrected chi connectivity index (χ2v) is 7.53. The van der Waals surface area contributed by atoms with Crippen LogP contribution in [0.1, 0.15) is 18.1 Å². The molecule has 128 valence electrons. The molecule has 0 saturated carbocycles. The smallest absolute Gasteiger partial charge is 0.233 e. The van der Waals surface area contributed by atoms with Gasteiger partial charge in [-0.25, -0.2) is 0 Å². The number of amides is 1. The average molecular weight is 384 g/mol. The Labute approximate surface area is 156 Å². The second-order valence-electron chi connectivity index (χ2n) is 5.31. The van der Waals surface area contributed by atoms with Crippen molar-refractivity contribution in [1.29, 1.82) is 0 Å². The summed E-state index contributed by atoms with van der Waals surface area (Å²) >= 11 is 13.5. The summed E-state index contributed by atoms with van der Waals surface area (Å²) in [7, 11) is 1.66. The van der Waals surface area contributed by atoms with Gasteiger partial charge in [0.15, 0.2) is 0 Å². The lowest BCUT2D eigenvalue weighted by Gasteiger charge is -2.13. The number of nitrogens with one attached hydrogen (secondary N) is 1. The van der Waals surface area contributed by atoms with Gasteiger partial charge in [-0.05, 0) is 36.2 Å². The summed E-state index contributed by atoms with van der Waals surface area (Å²) in [5.74, 6) is -0.0480. The number of benzene rings is 2. The number of rotatable bonds is 7. The summed E-state index contributed by atoms with van der Waals surface area (Å²) in [5.41, 5.74) is 2.12. The Balaban J connectivity index is 1.92. The molecule has 0 fully saturated rings. The summed E-state index contributed by atoms with van der Waals surface area (Å²) in [4.78, 5) is 13.1. The van der Waals surface area contributed by atoms with Gasteiger partial charge in [0, 0.05) is 23.6 Å². The quantitative estimate of drug-likeness (QED) is 0.688. The van der Waals surface area contributed by atoms with Gasteiger partial charge in [0.25, 0.3) is 0 Å². The minimum atomic E-state index is -0.275. The van der Waals surface area contributed by atoms with Crippen molar-refractivity contribution in [2.75, 3.05) is 7.11 Å². The fraction of sp³-hybridized carbons (Fsp3) is 0.278. The first-order valence-electron chi connectivity index (χ1n) is 7.45. The fourth-order valence-electron chi connectivity index (χ4n) is 2.14. The van der Waals surface area contributed by atoms with Gasteiger partial charge in [-0.15, -0.1) is 11.8 Å². The van der Waals surface area contributed by atoms with Crippen LogP contribution in [0.2, 0.25) is 10.0 Å². The van der Waals surface area contributed by atoms with Crippen LogP contribution in [0.15, 0.2) is 47.4 Å². The van der Waals surface area contributed by atoms with Crippen molar-refractivity contribution >= 4 is 40.9 Å². The third-order valence-electron chi connectivity index (χ3n) is 3.34. The molecule has 0 aliphatic heterocycles. The van der Waals surface area contributed by atoms with E-state index < -0.39 is 0 Å². The fourth-order valence-corrected chi connectivity index (χ4v) is 3.58. The van der Waals surface area contributed by atoms with Crippen LogP contribution in [-0.2, 0) is 22.7 Å². The lowest BCUT2D eigenvalue weighted by atomic mass is 10.1. The Morgan fingerprint density at radius 3 is 2.71 bits per heavy atom. The Hall–Kier alpha value is -1.20. The molecule has 24 heavy (non-hydrogen) atoms. The molecule has 0 spiro atoms. The number of carbonyl (C=O) groups is 1. The van der Waals surface area contributed by atoms with Crippen molar-refractivity contribution in [2.24, 2.45) is 0 Å². The van der Waals surface area contributed by atoms with Gasteiger partial charge < -0.3 is 10.1 Å². The Bertz CT molecular complexity index is 709. The molecule has 2 aromatic rings. The maximum absolute atomic E-state index is 12.3. The highest BCUT2D eigenvalue weighted by Crippen LogP contribution is 2.32. The molecule has 3 nitrogen and oxygen atoms in total. The van der Waals surface area contributed by atoms with Crippen LogP contribution in [0.25, 0.3) is 0 Å². The highest BCUT2D eigenvalue weighted by molar-refractivity contribution is 8.00. The van der Waals surface area contributed by atoms with Gasteiger partial charge in [0.05, 0.1) is 16.9 Å². The van der Waals surface area contributed by atoms with E-state index in [1.54, 1.807) is 25.3 Å². The van der Waals surface area contributed by atoms with Crippen LogP contribution in [-0.4, -0.2) is 18.3 Å². The molecule has 0 bridgehead atoms. The van der Waals surface area contributed by atoms with E-state index in [2.05, 4.69) is 5.32 Å². The Morgan fingerprint density at radius 2 is 1.96 bits per heavy atom. The van der Waals surface area contributed by atoms with Crippen LogP contribution >= 0.6 is 35.0 Å². The van der Waals surface area contributed by atoms with E-state index in [9.17, 15) is 4.79 Å². The van der Waals surface area contributed by atoms with Crippen LogP contribution in [0, 0.1) is 0 Å². The number of hydrogen-bond donors (Lipinski definition) is 1. The predicted octanol–water partition coefficient (Wildman–Crippen LogP) is 4.94. The van der Waals surface area contributed by atoms with Crippen molar-refractivity contribution in [2.45, 2.75) is 30.2 Å². The van der Waals surface area contributed by atoms with E-state index in [1.165, 1.54) is 11.8 Å². The first-order valence-corrected chi connectivity index (χ1v) is 9.09. The molecule has 1 atom stereocenters. The zero-order valence-electron chi connectivity index (χ0n) is 13.5. The number of hydrogen-bond acceptors (Lipinski definition) is 3. The summed E-state index contributed by atoms with van der Waals surface area (Å²) in [6.07, 6.45) is 0. The lowest BCUT2D eigenvalue weighted by molar-refractivity contribution is -0.120. The van der Waals surface area contributed by atoms with Crippen molar-refractivity contribution in [1.82, 2.24) is 5.32 Å². The summed E-state index contributed by atoms with van der Waals surface area (Å²) in [6, 6.07) is 13.2. The number of ether oxygens (including phenoxy) is 1. The van der Waals surface area contributed by atoms with Gasteiger partial charge in [-0.1, -0.05) is 47.5 Å². The van der Waals surface area contributed by atoms with Gasteiger partial charge >= 0.3 is 0 Å². The monoisotopic (exact) mass is 383 g/mol. The standard InChI is InChI=1S/C18H19Cl2NO2S/c1-12(24-17-9-15(19)6-7-16(17)20)18(22)21-10-13-4-3-5-14(8-13)11-23-2/h3-9,12H,10-11H2,1-2H3,(H,21,22). The molecule has 1 unspecified atom stereocenters. The van der Waals surface area contributed by atoms with Crippen LogP contribution in [0.3, 0.4) is 0 Å². The zero-order chi connectivity index (χ0) is 17.5. The molecule has 1 amide bonds. The minimum Gasteiger partial charge on any atom is -0.380 e. The molecule has 2 aromatic carbocycles. The third-order valence-corrected chi connectivity index (χ3v) is 5.17. The Kier molecular flexibility index (Phi) is 7.43. The molecular formula is C18H19Cl2NO2S. The highest BCUT2D eigenvalue weighted by Gasteiger charge is 2.16. The van der Waals surface area contributed by atoms with Gasteiger partial charge in [0.2, 0.25) is 5.91 Å². The maximum Gasteiger partial charge on any atom is 0.233 e. The van der Waals surface area contributed by atoms with Crippen molar-refractivity contribution in [3.05, 3.63) is 63.6 Å². The number of methoxy groups -OCH3 is 1. The molecule has 2 rings (SSSR count). The lowest BCUT2D eigenvalue weighted by Crippen LogP contribution is -2.30. The molecular weight excluding hydrogens is 365 g/mol. The molecule has 0 aliphatic rings. The van der Waals surface area contributed by atoms with E-state index >= 15 is 0 Å². The van der Waals surface area contributed by atoms with E-state index in [4.69, 9.17) is 27.9 Å². The van der Waals surface area contributed by atoms with E-state index in [0.717, 1.165) is 16.0 Å². The SMILES string of the molecule is COCc1cccc(CNC(=O)C(C)Sc2cc(Cl)ccc2Cl)c1. The van der Waals surface area contributed by atoms with Gasteiger partial charge in [0.1, 0.15) is 0 Å². The van der Waals surface area contributed by atoms with Gasteiger partial charge in [-0.2, -0.15) is 0 Å². The van der Waals surface area contributed by atoms with Gasteiger partial charge in [-0.3, -0.25) is 4.79 Å². The van der Waals surface area contributed by atoms with Crippen molar-refractivity contribution in [3.8, 4) is 0 Å². The molecule has 0 heterocycles. The highest BCUT2D eigenvalue weighted by atomic mass is 35.5. The van der Waals surface area contributed by atoms with Crippen molar-refractivity contribution < 1.29 is 9.53 Å². The van der Waals surface area contributed by atoms with E-state index in [-0.39, 0.29) is 11.2 Å². The molecule has 0 radical (unpaired) electrons. The topological polar surface area (TPSA) is 38.3 Å². The van der Waals surface area contributed by atoms with Crippen molar-refractivity contribution in [3.63, 3.8) is 0 Å². The van der Waals surface area contributed by atoms with Crippen LogP contribution < -0.4 is 5.32 Å². The molecule has 0 aromatic heterocycles. The first kappa shape index (κ1) is 19.1. The van der Waals surface area contributed by atoms with Crippen LogP contribution in [0.4, 0.5) is 0 Å². The third kappa shape index (κ3) is 5.71. The van der Waals surface area contributed by atoms with E-state index in [0.29, 0.717) is 23.2 Å². The van der Waals surface area contributed by atoms with Crippen LogP contribution in [0.5, 0.6) is 0 Å². The zero-order valence-corrected chi connectivity index (χ0v) is 15.8. The Morgan fingerprint density at radius 1 is 1.21 bits per heavy atom. The number of carbonyl (C=O) groups excluding carboxylic acids is 1. The van der Waals surface area contributed by atoms with E-state index in [1.807, 2.05) is 31.2 Å². The molecule has 6 heteroatoms. The summed E-state index contributed by atoms with van der Waals surface area (Å²) in [5, 5.41) is 3.87. The minimum absolute atomic E-state index is 0.0480. The molecule has 1 N–H and O–H groups in total. The predicted molar refractivity (Wildman–Crippen MR) is 101 cm³/mol.